The number of anilines is 1. The lowest BCUT2D eigenvalue weighted by molar-refractivity contribution is -0.282. The zero-order chi connectivity index (χ0) is 29.8. The number of hydrogen-bond donors (Lipinski definition) is 0. The predicted octanol–water partition coefficient (Wildman–Crippen LogP) is 5.68. The molecule has 7 rings (SSSR count). The Bertz CT molecular complexity index is 1460. The lowest BCUT2D eigenvalue weighted by Crippen LogP contribution is -2.66. The molecule has 3 aromatic rings. The van der Waals surface area contributed by atoms with E-state index in [1.54, 1.807) is 26.5 Å². The van der Waals surface area contributed by atoms with Gasteiger partial charge in [0.2, 0.25) is 0 Å². The topological polar surface area (TPSA) is 85.7 Å². The number of methoxy groups -OCH3 is 2. The molecule has 0 unspecified atom stereocenters. The molecular weight excluding hydrogens is 547 g/mol. The van der Waals surface area contributed by atoms with Crippen LogP contribution in [0.5, 0.6) is 11.6 Å². The Morgan fingerprint density at radius 3 is 2.53 bits per heavy atom. The molecule has 9 nitrogen and oxygen atoms in total. The minimum Gasteiger partial charge on any atom is -0.434 e. The molecule has 0 N–H and O–H groups in total. The highest BCUT2D eigenvalue weighted by molar-refractivity contribution is 5.72. The van der Waals surface area contributed by atoms with E-state index in [4.69, 9.17) is 14.2 Å². The Labute approximate surface area is 252 Å². The van der Waals surface area contributed by atoms with E-state index in [9.17, 15) is 4.39 Å². The summed E-state index contributed by atoms with van der Waals surface area (Å²) in [7, 11) is 3.49. The summed E-state index contributed by atoms with van der Waals surface area (Å²) in [5.74, 6) is 2.34. The fourth-order valence-electron chi connectivity index (χ4n) is 7.85. The third-order valence-corrected chi connectivity index (χ3v) is 10.1. The summed E-state index contributed by atoms with van der Waals surface area (Å²) in [5.41, 5.74) is 2.72. The first kappa shape index (κ1) is 28.6. The molecule has 1 spiro atoms. The zero-order valence-electron chi connectivity index (χ0n) is 25.5. The van der Waals surface area contributed by atoms with E-state index in [-0.39, 0.29) is 11.2 Å². The van der Waals surface area contributed by atoms with Crippen molar-refractivity contribution in [2.24, 2.45) is 17.3 Å². The molecule has 43 heavy (non-hydrogen) atoms. The average molecular weight is 589 g/mol. The Balaban J connectivity index is 1.07. The van der Waals surface area contributed by atoms with Crippen molar-refractivity contribution in [3.63, 3.8) is 0 Å². The van der Waals surface area contributed by atoms with E-state index in [1.165, 1.54) is 18.5 Å². The summed E-state index contributed by atoms with van der Waals surface area (Å²) >= 11 is 0. The normalized spacial score (nSPS) is 22.0. The lowest BCUT2D eigenvalue weighted by atomic mass is 9.67. The Kier molecular flexibility index (Phi) is 7.34. The number of likely N-dealkylation sites (tertiary alicyclic amines) is 1. The molecule has 4 fully saturated rings. The number of ether oxygens (including phenoxy) is 3. The van der Waals surface area contributed by atoms with E-state index in [0.29, 0.717) is 46.8 Å². The summed E-state index contributed by atoms with van der Waals surface area (Å²) in [4.78, 5) is 14.2. The standard InChI is InChI=1S/C33H41FN6O3/c1-21(2)29(23-15-33(16-23,41-3)42-4)40-18-32(19-40)11-13-39(17-32)30-31(38-37-20-36-30)43-27-10-9-24(34)14-26(27)28-25(22-7-8-22)6-5-12-35-28/h5-6,9-10,12,14,20-23,29H,7-8,11,13,15-19H2,1-4H3/t29-/m0/s1. The Morgan fingerprint density at radius 2 is 1.81 bits per heavy atom. The maximum Gasteiger partial charge on any atom is 0.282 e. The quantitative estimate of drug-likeness (QED) is 0.278. The molecular formula is C33H41FN6O3. The molecule has 1 aromatic carbocycles. The fourth-order valence-corrected chi connectivity index (χ4v) is 7.85. The van der Waals surface area contributed by atoms with Crippen LogP contribution < -0.4 is 9.64 Å². The maximum absolute atomic E-state index is 14.5. The van der Waals surface area contributed by atoms with Crippen molar-refractivity contribution in [2.45, 2.75) is 63.7 Å². The van der Waals surface area contributed by atoms with E-state index in [0.717, 1.165) is 69.5 Å². The van der Waals surface area contributed by atoms with E-state index in [1.807, 2.05) is 6.07 Å². The van der Waals surface area contributed by atoms with Crippen molar-refractivity contribution in [1.29, 1.82) is 0 Å². The van der Waals surface area contributed by atoms with Crippen LogP contribution in [-0.4, -0.2) is 77.3 Å². The smallest absolute Gasteiger partial charge is 0.282 e. The Morgan fingerprint density at radius 1 is 1.02 bits per heavy atom. The molecule has 2 aliphatic carbocycles. The van der Waals surface area contributed by atoms with E-state index in [2.05, 4.69) is 49.9 Å². The summed E-state index contributed by atoms with van der Waals surface area (Å²) in [5, 5.41) is 8.39. The summed E-state index contributed by atoms with van der Waals surface area (Å²) in [6.45, 7) is 8.55. The van der Waals surface area contributed by atoms with Crippen LogP contribution >= 0.6 is 0 Å². The summed E-state index contributed by atoms with van der Waals surface area (Å²) < 4.78 is 32.3. The highest BCUT2D eigenvalue weighted by Crippen LogP contribution is 2.51. The minimum absolute atomic E-state index is 0.215. The van der Waals surface area contributed by atoms with Gasteiger partial charge in [-0.2, -0.15) is 0 Å². The molecule has 0 amide bonds. The van der Waals surface area contributed by atoms with Gasteiger partial charge in [0.15, 0.2) is 11.6 Å². The molecule has 2 saturated carbocycles. The molecule has 0 radical (unpaired) electrons. The molecule has 2 aliphatic heterocycles. The molecule has 228 valence electrons. The number of halogens is 1. The van der Waals surface area contributed by atoms with Crippen LogP contribution in [0.4, 0.5) is 10.2 Å². The van der Waals surface area contributed by atoms with Crippen LogP contribution in [-0.2, 0) is 9.47 Å². The van der Waals surface area contributed by atoms with Gasteiger partial charge in [0.05, 0.1) is 5.69 Å². The third kappa shape index (κ3) is 5.27. The largest absolute Gasteiger partial charge is 0.434 e. The van der Waals surface area contributed by atoms with Gasteiger partial charge in [-0.25, -0.2) is 9.37 Å². The van der Waals surface area contributed by atoms with Gasteiger partial charge < -0.3 is 19.1 Å². The second kappa shape index (κ2) is 11.1. The highest BCUT2D eigenvalue weighted by Gasteiger charge is 2.56. The molecule has 4 aliphatic rings. The van der Waals surface area contributed by atoms with Gasteiger partial charge in [-0.3, -0.25) is 9.88 Å². The maximum atomic E-state index is 14.5. The Hall–Kier alpha value is -3.21. The van der Waals surface area contributed by atoms with Crippen LogP contribution in [0.3, 0.4) is 0 Å². The number of hydrogen-bond acceptors (Lipinski definition) is 9. The van der Waals surface area contributed by atoms with E-state index >= 15 is 0 Å². The summed E-state index contributed by atoms with van der Waals surface area (Å²) in [6.07, 6.45) is 8.43. The van der Waals surface area contributed by atoms with Gasteiger partial charge in [0.1, 0.15) is 17.9 Å². The number of aromatic nitrogens is 4. The van der Waals surface area contributed by atoms with Crippen molar-refractivity contribution in [2.75, 3.05) is 45.3 Å². The number of benzene rings is 1. The molecule has 1 atom stereocenters. The van der Waals surface area contributed by atoms with Crippen molar-refractivity contribution >= 4 is 5.82 Å². The van der Waals surface area contributed by atoms with Crippen LogP contribution in [0.1, 0.15) is 57.4 Å². The first-order valence-corrected chi connectivity index (χ1v) is 15.5. The summed E-state index contributed by atoms with van der Waals surface area (Å²) in [6, 6.07) is 9.09. The van der Waals surface area contributed by atoms with Crippen LogP contribution in [0.25, 0.3) is 11.3 Å². The van der Waals surface area contributed by atoms with Gasteiger partial charge in [0.25, 0.3) is 5.88 Å². The third-order valence-electron chi connectivity index (χ3n) is 10.1. The highest BCUT2D eigenvalue weighted by atomic mass is 19.1. The first-order chi connectivity index (χ1) is 20.8. The second-order valence-corrected chi connectivity index (χ2v) is 13.3. The zero-order valence-corrected chi connectivity index (χ0v) is 25.5. The van der Waals surface area contributed by atoms with Crippen molar-refractivity contribution in [3.05, 3.63) is 54.2 Å². The van der Waals surface area contributed by atoms with Gasteiger partial charge in [-0.05, 0) is 66.8 Å². The molecule has 10 heteroatoms. The number of pyridine rings is 1. The van der Waals surface area contributed by atoms with Crippen LogP contribution in [0.15, 0.2) is 42.9 Å². The average Bonchev–Trinajstić information content (AvgIpc) is 3.73. The molecule has 2 aromatic heterocycles. The van der Waals surface area contributed by atoms with Gasteiger partial charge >= 0.3 is 0 Å². The number of nitrogens with zero attached hydrogens (tertiary/aromatic N) is 6. The minimum atomic E-state index is -0.415. The van der Waals surface area contributed by atoms with Gasteiger partial charge in [0, 0.05) is 76.5 Å². The first-order valence-electron chi connectivity index (χ1n) is 15.5. The monoisotopic (exact) mass is 588 g/mol. The fraction of sp³-hybridized carbons (Fsp3) is 0.576. The van der Waals surface area contributed by atoms with E-state index < -0.39 is 5.79 Å². The van der Waals surface area contributed by atoms with Crippen molar-refractivity contribution in [1.82, 2.24) is 25.1 Å². The predicted molar refractivity (Wildman–Crippen MR) is 160 cm³/mol. The molecule has 0 bridgehead atoms. The van der Waals surface area contributed by atoms with Crippen molar-refractivity contribution < 1.29 is 18.6 Å². The second-order valence-electron chi connectivity index (χ2n) is 13.3. The van der Waals surface area contributed by atoms with Gasteiger partial charge in [-0.15, -0.1) is 10.2 Å². The van der Waals surface area contributed by atoms with Gasteiger partial charge in [-0.1, -0.05) is 19.9 Å². The molecule has 2 saturated heterocycles. The van der Waals surface area contributed by atoms with Crippen LogP contribution in [0.2, 0.25) is 0 Å². The number of rotatable bonds is 10. The lowest BCUT2D eigenvalue weighted by Gasteiger charge is -2.58. The van der Waals surface area contributed by atoms with Crippen LogP contribution in [0, 0.1) is 23.1 Å². The van der Waals surface area contributed by atoms with Crippen molar-refractivity contribution in [3.8, 4) is 22.9 Å². The SMILES string of the molecule is COC1(OC)CC([C@H](C(C)C)N2CC3(CCN(c4ncnnc4Oc4ccc(F)cc4-c4ncccc4C4CC4)C3)C2)C1. The molecule has 4 heterocycles.